The normalized spacial score (nSPS) is 21.3. The molecule has 82 valence electrons. The second kappa shape index (κ2) is 5.23. The van der Waals surface area contributed by atoms with E-state index in [0.29, 0.717) is 5.82 Å². The van der Waals surface area contributed by atoms with Gasteiger partial charge in [0.2, 0.25) is 5.28 Å². The summed E-state index contributed by atoms with van der Waals surface area (Å²) < 4.78 is 5.57. The molecule has 6 heteroatoms. The van der Waals surface area contributed by atoms with Crippen LogP contribution in [0.1, 0.15) is 19.3 Å². The Morgan fingerprint density at radius 1 is 1.53 bits per heavy atom. The Labute approximate surface area is 93.2 Å². The average Bonchev–Trinajstić information content (AvgIpc) is 2.28. The summed E-state index contributed by atoms with van der Waals surface area (Å²) in [5.41, 5.74) is 0. The Kier molecular flexibility index (Phi) is 3.69. The smallest absolute Gasteiger partial charge is 0.244 e. The van der Waals surface area contributed by atoms with E-state index in [2.05, 4.69) is 20.5 Å². The highest BCUT2D eigenvalue weighted by Gasteiger charge is 2.13. The van der Waals surface area contributed by atoms with Gasteiger partial charge >= 0.3 is 0 Å². The van der Waals surface area contributed by atoms with Gasteiger partial charge in [-0.1, -0.05) is 0 Å². The molecule has 1 aliphatic rings. The Morgan fingerprint density at radius 2 is 2.47 bits per heavy atom. The van der Waals surface area contributed by atoms with Crippen LogP contribution in [0.5, 0.6) is 0 Å². The van der Waals surface area contributed by atoms with Crippen LogP contribution in [0.2, 0.25) is 5.28 Å². The second-order valence-electron chi connectivity index (χ2n) is 3.48. The zero-order valence-electron chi connectivity index (χ0n) is 8.32. The first-order valence-corrected chi connectivity index (χ1v) is 5.43. The van der Waals surface area contributed by atoms with Crippen molar-refractivity contribution in [1.82, 2.24) is 15.2 Å². The molecule has 1 aromatic heterocycles. The molecule has 5 nitrogen and oxygen atoms in total. The molecule has 1 N–H and O–H groups in total. The van der Waals surface area contributed by atoms with E-state index in [1.165, 1.54) is 6.42 Å². The zero-order valence-corrected chi connectivity index (χ0v) is 9.07. The number of anilines is 1. The molecule has 0 bridgehead atoms. The Balaban J connectivity index is 1.81. The maximum atomic E-state index is 5.61. The summed E-state index contributed by atoms with van der Waals surface area (Å²) in [4.78, 5) is 3.98. The summed E-state index contributed by atoms with van der Waals surface area (Å²) in [7, 11) is 0. The molecular weight excluding hydrogens is 216 g/mol. The number of halogens is 1. The van der Waals surface area contributed by atoms with Gasteiger partial charge < -0.3 is 10.1 Å². The lowest BCUT2D eigenvalue weighted by Crippen LogP contribution is -2.27. The van der Waals surface area contributed by atoms with Gasteiger partial charge in [-0.2, -0.15) is 10.1 Å². The molecule has 0 radical (unpaired) electrons. The minimum absolute atomic E-state index is 0.157. The topological polar surface area (TPSA) is 59.9 Å². The lowest BCUT2D eigenvalue weighted by atomic mass is 10.1. The fourth-order valence-electron chi connectivity index (χ4n) is 1.55. The van der Waals surface area contributed by atoms with E-state index in [4.69, 9.17) is 16.3 Å². The average molecular weight is 229 g/mol. The van der Waals surface area contributed by atoms with Gasteiger partial charge in [0.05, 0.1) is 12.3 Å². The molecule has 1 aliphatic heterocycles. The maximum absolute atomic E-state index is 5.61. The predicted molar refractivity (Wildman–Crippen MR) is 56.9 cm³/mol. The Morgan fingerprint density at radius 3 is 3.20 bits per heavy atom. The number of ether oxygens (including phenoxy) is 1. The SMILES string of the molecule is Clc1nncc(NCC2CCCCO2)n1. The van der Waals surface area contributed by atoms with Crippen molar-refractivity contribution in [2.75, 3.05) is 18.5 Å². The number of hydrogen-bond donors (Lipinski definition) is 1. The zero-order chi connectivity index (χ0) is 10.5. The third-order valence-corrected chi connectivity index (χ3v) is 2.48. The minimum Gasteiger partial charge on any atom is -0.376 e. The summed E-state index contributed by atoms with van der Waals surface area (Å²) in [5, 5.41) is 10.6. The molecule has 0 amide bonds. The van der Waals surface area contributed by atoms with Gasteiger partial charge in [0.15, 0.2) is 0 Å². The van der Waals surface area contributed by atoms with E-state index in [1.807, 2.05) is 0 Å². The van der Waals surface area contributed by atoms with E-state index >= 15 is 0 Å². The molecule has 15 heavy (non-hydrogen) atoms. The molecule has 0 saturated carbocycles. The van der Waals surface area contributed by atoms with E-state index in [9.17, 15) is 0 Å². The molecule has 1 saturated heterocycles. The molecule has 0 aromatic carbocycles. The first-order chi connectivity index (χ1) is 7.34. The number of nitrogens with one attached hydrogen (secondary N) is 1. The van der Waals surface area contributed by atoms with Crippen molar-refractivity contribution in [2.24, 2.45) is 0 Å². The summed E-state index contributed by atoms with van der Waals surface area (Å²) in [5.74, 6) is 0.643. The molecule has 0 spiro atoms. The lowest BCUT2D eigenvalue weighted by molar-refractivity contribution is 0.0247. The van der Waals surface area contributed by atoms with E-state index < -0.39 is 0 Å². The summed E-state index contributed by atoms with van der Waals surface area (Å²) >= 11 is 5.61. The fraction of sp³-hybridized carbons (Fsp3) is 0.667. The van der Waals surface area contributed by atoms with Crippen molar-refractivity contribution in [3.8, 4) is 0 Å². The summed E-state index contributed by atoms with van der Waals surface area (Å²) in [6, 6.07) is 0. The van der Waals surface area contributed by atoms with E-state index in [1.54, 1.807) is 6.20 Å². The molecule has 2 heterocycles. The van der Waals surface area contributed by atoms with E-state index in [-0.39, 0.29) is 11.4 Å². The highest BCUT2D eigenvalue weighted by atomic mass is 35.5. The van der Waals surface area contributed by atoms with Crippen LogP contribution in [-0.4, -0.2) is 34.4 Å². The third-order valence-electron chi connectivity index (χ3n) is 2.32. The van der Waals surface area contributed by atoms with Gasteiger partial charge in [0.1, 0.15) is 5.82 Å². The molecule has 1 atom stereocenters. The summed E-state index contributed by atoms with van der Waals surface area (Å²) in [6.07, 6.45) is 5.31. The first-order valence-electron chi connectivity index (χ1n) is 5.05. The Hall–Kier alpha value is -0.940. The maximum Gasteiger partial charge on any atom is 0.244 e. The van der Waals surface area contributed by atoms with Crippen molar-refractivity contribution in [3.05, 3.63) is 11.5 Å². The molecule has 1 fully saturated rings. The van der Waals surface area contributed by atoms with Crippen molar-refractivity contribution in [2.45, 2.75) is 25.4 Å². The monoisotopic (exact) mass is 228 g/mol. The largest absolute Gasteiger partial charge is 0.376 e. The van der Waals surface area contributed by atoms with Gasteiger partial charge in [-0.3, -0.25) is 0 Å². The van der Waals surface area contributed by atoms with Crippen LogP contribution in [0.3, 0.4) is 0 Å². The van der Waals surface area contributed by atoms with E-state index in [0.717, 1.165) is 26.0 Å². The molecule has 0 aliphatic carbocycles. The second-order valence-corrected chi connectivity index (χ2v) is 3.82. The quantitative estimate of drug-likeness (QED) is 0.850. The van der Waals surface area contributed by atoms with Gasteiger partial charge in [-0.25, -0.2) is 0 Å². The first kappa shape index (κ1) is 10.6. The van der Waals surface area contributed by atoms with Crippen LogP contribution in [0.4, 0.5) is 5.82 Å². The molecular formula is C9H13ClN4O. The van der Waals surface area contributed by atoms with Crippen LogP contribution in [0.15, 0.2) is 6.20 Å². The number of rotatable bonds is 3. The number of hydrogen-bond acceptors (Lipinski definition) is 5. The van der Waals surface area contributed by atoms with Crippen LogP contribution < -0.4 is 5.32 Å². The van der Waals surface area contributed by atoms with Crippen molar-refractivity contribution < 1.29 is 4.74 Å². The number of aromatic nitrogens is 3. The fourth-order valence-corrected chi connectivity index (χ4v) is 1.69. The standard InChI is InChI=1S/C9H13ClN4O/c10-9-13-8(6-12-14-9)11-5-7-3-1-2-4-15-7/h6-7H,1-5H2,(H,11,13,14). The van der Waals surface area contributed by atoms with Gasteiger partial charge in [-0.15, -0.1) is 5.10 Å². The van der Waals surface area contributed by atoms with Crippen molar-refractivity contribution >= 4 is 17.4 Å². The number of nitrogens with zero attached hydrogens (tertiary/aromatic N) is 3. The van der Waals surface area contributed by atoms with Gasteiger partial charge in [-0.05, 0) is 30.9 Å². The van der Waals surface area contributed by atoms with Crippen LogP contribution >= 0.6 is 11.6 Å². The lowest BCUT2D eigenvalue weighted by Gasteiger charge is -2.22. The Bertz CT molecular complexity index is 317. The third kappa shape index (κ3) is 3.28. The van der Waals surface area contributed by atoms with Crippen LogP contribution in [0, 0.1) is 0 Å². The van der Waals surface area contributed by atoms with Crippen molar-refractivity contribution in [1.29, 1.82) is 0 Å². The van der Waals surface area contributed by atoms with Crippen molar-refractivity contribution in [3.63, 3.8) is 0 Å². The van der Waals surface area contributed by atoms with Gasteiger partial charge in [0.25, 0.3) is 0 Å². The van der Waals surface area contributed by atoms with Crippen LogP contribution in [-0.2, 0) is 4.74 Å². The molecule has 2 rings (SSSR count). The molecule has 1 aromatic rings. The highest BCUT2D eigenvalue weighted by molar-refractivity contribution is 6.28. The van der Waals surface area contributed by atoms with Gasteiger partial charge in [0, 0.05) is 13.2 Å². The summed E-state index contributed by atoms with van der Waals surface area (Å²) in [6.45, 7) is 1.60. The predicted octanol–water partition coefficient (Wildman–Crippen LogP) is 1.51. The highest BCUT2D eigenvalue weighted by Crippen LogP contribution is 2.13. The molecule has 1 unspecified atom stereocenters. The minimum atomic E-state index is 0.157. The van der Waals surface area contributed by atoms with Crippen LogP contribution in [0.25, 0.3) is 0 Å².